The number of rotatable bonds is 4. The molecule has 42 heavy (non-hydrogen) atoms. The van der Waals surface area contributed by atoms with Crippen LogP contribution >= 0.6 is 0 Å². The lowest BCUT2D eigenvalue weighted by molar-refractivity contribution is -0.210. The predicted molar refractivity (Wildman–Crippen MR) is 160 cm³/mol. The number of ketones is 1. The van der Waals surface area contributed by atoms with E-state index in [0.717, 1.165) is 49.4 Å². The number of esters is 2. The van der Waals surface area contributed by atoms with Crippen LogP contribution in [-0.2, 0) is 19.1 Å². The third-order valence-corrected chi connectivity index (χ3v) is 12.9. The zero-order valence-corrected chi connectivity index (χ0v) is 25.7. The van der Waals surface area contributed by atoms with Crippen molar-refractivity contribution in [2.24, 2.45) is 51.8 Å². The summed E-state index contributed by atoms with van der Waals surface area (Å²) in [6.45, 7) is 9.09. The molecule has 8 rings (SSSR count). The van der Waals surface area contributed by atoms with Crippen LogP contribution in [0.15, 0.2) is 42.1 Å². The van der Waals surface area contributed by atoms with Gasteiger partial charge in [-0.25, -0.2) is 4.79 Å². The third-order valence-electron chi connectivity index (χ3n) is 12.9. The molecule has 6 nitrogen and oxygen atoms in total. The van der Waals surface area contributed by atoms with Crippen molar-refractivity contribution < 1.29 is 23.9 Å². The number of hydrogen-bond donors (Lipinski definition) is 1. The second-order valence-corrected chi connectivity index (χ2v) is 14.9. The molecular weight excluding hydrogens is 526 g/mol. The Hall–Kier alpha value is -2.89. The van der Waals surface area contributed by atoms with Crippen LogP contribution in [0.3, 0.4) is 0 Å². The summed E-state index contributed by atoms with van der Waals surface area (Å²) in [6, 6.07) is 7.81. The van der Waals surface area contributed by atoms with Crippen LogP contribution in [0.25, 0.3) is 10.9 Å². The van der Waals surface area contributed by atoms with E-state index in [-0.39, 0.29) is 52.5 Å². The maximum Gasteiger partial charge on any atom is 0.340 e. The number of Topliss-reactive ketones (excluding diaryl/α,β-unsaturated/α-hetero) is 1. The summed E-state index contributed by atoms with van der Waals surface area (Å²) in [4.78, 5) is 44.2. The first kappa shape index (κ1) is 27.9. The second kappa shape index (κ2) is 9.56. The molecule has 1 N–H and O–H groups in total. The molecule has 9 atom stereocenters. The summed E-state index contributed by atoms with van der Waals surface area (Å²) in [5, 5.41) is 0.870. The van der Waals surface area contributed by atoms with Crippen molar-refractivity contribution in [1.29, 1.82) is 0 Å². The summed E-state index contributed by atoms with van der Waals surface area (Å²) in [5.74, 6) is 0.983. The zero-order chi connectivity index (χ0) is 29.6. The standard InChI is InChI=1S/C36H45NO5/c1-20(2)23-18-36-16-13-28-34(3,14-8-15-35(28,4)33(40)41-5)29(36)17-22(23)30-27(12-11-26(38)31(30)36)42-32(39)24-19-37-25-10-7-6-9-21(24)25/h6-7,9-10,18-20,22,27-31,37H,8,11-17H2,1-5H3/t22-,27-,28+,29+,30-,31+,34-,35?,36-/m0/s1. The van der Waals surface area contributed by atoms with Gasteiger partial charge in [0.05, 0.1) is 18.1 Å². The van der Waals surface area contributed by atoms with E-state index in [1.54, 1.807) is 6.20 Å². The average molecular weight is 572 g/mol. The van der Waals surface area contributed by atoms with Gasteiger partial charge in [-0.1, -0.05) is 57.0 Å². The maximum absolute atomic E-state index is 14.1. The molecule has 224 valence electrons. The molecule has 2 bridgehead atoms. The number of carbonyl (C=O) groups excluding carboxylic acids is 3. The SMILES string of the molecule is COC(=O)C1(C)CCC[C@]2(C)[C@H]3C[C@H]4C(C(C)C)=C[C@]3(CC[C@@H]12)[C@@H]1C(=O)CC[C@H](OC(=O)c2c[nH]c3ccccc23)[C@@H]14. The van der Waals surface area contributed by atoms with Gasteiger partial charge < -0.3 is 14.5 Å². The summed E-state index contributed by atoms with van der Waals surface area (Å²) >= 11 is 0. The smallest absolute Gasteiger partial charge is 0.340 e. The number of carbonyl (C=O) groups is 3. The van der Waals surface area contributed by atoms with Gasteiger partial charge in [0, 0.05) is 40.8 Å². The molecule has 0 aliphatic heterocycles. The highest BCUT2D eigenvalue weighted by molar-refractivity contribution is 6.04. The van der Waals surface area contributed by atoms with E-state index < -0.39 is 5.41 Å². The topological polar surface area (TPSA) is 85.5 Å². The summed E-state index contributed by atoms with van der Waals surface area (Å²) in [7, 11) is 1.52. The van der Waals surface area contributed by atoms with Gasteiger partial charge in [0.2, 0.25) is 0 Å². The number of H-pyrrole nitrogens is 1. The molecule has 4 fully saturated rings. The number of fused-ring (bicyclic) bond motifs is 2. The molecule has 4 saturated carbocycles. The third kappa shape index (κ3) is 3.65. The molecule has 1 aromatic heterocycles. The molecule has 1 spiro atoms. The Labute approximate surface area is 249 Å². The zero-order valence-electron chi connectivity index (χ0n) is 25.7. The number of ether oxygens (including phenoxy) is 2. The number of aromatic nitrogens is 1. The van der Waals surface area contributed by atoms with E-state index >= 15 is 0 Å². The van der Waals surface area contributed by atoms with Crippen molar-refractivity contribution in [2.75, 3.05) is 7.11 Å². The Morgan fingerprint density at radius 3 is 2.60 bits per heavy atom. The molecule has 6 aliphatic carbocycles. The Balaban J connectivity index is 1.27. The van der Waals surface area contributed by atoms with Crippen molar-refractivity contribution in [3.05, 3.63) is 47.7 Å². The lowest BCUT2D eigenvalue weighted by Gasteiger charge is -2.70. The minimum atomic E-state index is -0.488. The average Bonchev–Trinajstić information content (AvgIpc) is 3.42. The van der Waals surface area contributed by atoms with E-state index in [1.807, 2.05) is 24.3 Å². The van der Waals surface area contributed by atoms with Crippen LogP contribution in [0.1, 0.15) is 89.4 Å². The highest BCUT2D eigenvalue weighted by Crippen LogP contribution is 2.74. The molecule has 6 heteroatoms. The summed E-state index contributed by atoms with van der Waals surface area (Å²) in [5.41, 5.74) is 2.15. The van der Waals surface area contributed by atoms with Crippen molar-refractivity contribution in [3.8, 4) is 0 Å². The van der Waals surface area contributed by atoms with Gasteiger partial charge in [-0.05, 0) is 80.6 Å². The van der Waals surface area contributed by atoms with Crippen molar-refractivity contribution >= 4 is 28.6 Å². The molecule has 1 aromatic carbocycles. The molecule has 0 saturated heterocycles. The lowest BCUT2D eigenvalue weighted by Crippen LogP contribution is -2.68. The van der Waals surface area contributed by atoms with Gasteiger partial charge in [0.25, 0.3) is 0 Å². The van der Waals surface area contributed by atoms with Gasteiger partial charge in [0.15, 0.2) is 0 Å². The minimum absolute atomic E-state index is 0.00906. The van der Waals surface area contributed by atoms with Crippen LogP contribution in [0, 0.1) is 51.8 Å². The minimum Gasteiger partial charge on any atom is -0.469 e. The van der Waals surface area contributed by atoms with Crippen LogP contribution in [0.4, 0.5) is 0 Å². The highest BCUT2D eigenvalue weighted by atomic mass is 16.5. The van der Waals surface area contributed by atoms with Crippen LogP contribution < -0.4 is 0 Å². The molecule has 1 heterocycles. The number of nitrogens with one attached hydrogen (secondary N) is 1. The Kier molecular flexibility index (Phi) is 6.35. The molecule has 1 unspecified atom stereocenters. The molecule has 2 aromatic rings. The van der Waals surface area contributed by atoms with Gasteiger partial charge in [0.1, 0.15) is 11.9 Å². The Bertz CT molecular complexity index is 1490. The van der Waals surface area contributed by atoms with Crippen molar-refractivity contribution in [2.45, 2.75) is 85.2 Å². The normalized spacial score (nSPS) is 40.6. The van der Waals surface area contributed by atoms with Crippen molar-refractivity contribution in [3.63, 3.8) is 0 Å². The van der Waals surface area contributed by atoms with Crippen LogP contribution in [0.2, 0.25) is 0 Å². The highest BCUT2D eigenvalue weighted by Gasteiger charge is 2.71. The fourth-order valence-corrected chi connectivity index (χ4v) is 11.3. The van der Waals surface area contributed by atoms with E-state index in [1.165, 1.54) is 12.7 Å². The van der Waals surface area contributed by atoms with Gasteiger partial charge in [-0.15, -0.1) is 0 Å². The first-order valence-corrected chi connectivity index (χ1v) is 16.2. The Morgan fingerprint density at radius 2 is 1.83 bits per heavy atom. The first-order valence-electron chi connectivity index (χ1n) is 16.2. The van der Waals surface area contributed by atoms with E-state index in [4.69, 9.17) is 9.47 Å². The fraction of sp³-hybridized carbons (Fsp3) is 0.639. The number of allylic oxidation sites excluding steroid dienone is 2. The number of hydrogen-bond acceptors (Lipinski definition) is 5. The number of methoxy groups -OCH3 is 1. The quantitative estimate of drug-likeness (QED) is 0.308. The van der Waals surface area contributed by atoms with Gasteiger partial charge in [-0.3, -0.25) is 9.59 Å². The molecule has 6 aliphatic rings. The number of aromatic amines is 1. The number of benzene rings is 1. The predicted octanol–water partition coefficient (Wildman–Crippen LogP) is 7.29. The molecular formula is C36H45NO5. The van der Waals surface area contributed by atoms with Crippen molar-refractivity contribution in [1.82, 2.24) is 4.98 Å². The summed E-state index contributed by atoms with van der Waals surface area (Å²) < 4.78 is 11.8. The maximum atomic E-state index is 14.1. The van der Waals surface area contributed by atoms with Crippen LogP contribution in [-0.4, -0.2) is 35.9 Å². The lowest BCUT2D eigenvalue weighted by atomic mass is 9.33. The van der Waals surface area contributed by atoms with E-state index in [9.17, 15) is 14.4 Å². The Morgan fingerprint density at radius 1 is 1.05 bits per heavy atom. The number of para-hydroxylation sites is 1. The molecule has 0 radical (unpaired) electrons. The second-order valence-electron chi connectivity index (χ2n) is 14.9. The fourth-order valence-electron chi connectivity index (χ4n) is 11.3. The van der Waals surface area contributed by atoms with E-state index in [0.29, 0.717) is 36.0 Å². The van der Waals surface area contributed by atoms with Gasteiger partial charge >= 0.3 is 11.9 Å². The largest absolute Gasteiger partial charge is 0.469 e. The van der Waals surface area contributed by atoms with Crippen LogP contribution in [0.5, 0.6) is 0 Å². The molecule has 0 amide bonds. The van der Waals surface area contributed by atoms with E-state index in [2.05, 4.69) is 38.8 Å². The first-order chi connectivity index (χ1) is 20.0. The summed E-state index contributed by atoms with van der Waals surface area (Å²) in [6.07, 6.45) is 10.9. The monoisotopic (exact) mass is 571 g/mol. The van der Waals surface area contributed by atoms with Gasteiger partial charge in [-0.2, -0.15) is 0 Å².